The number of hydrogen-bond acceptors (Lipinski definition) is 3. The van der Waals surface area contributed by atoms with Crippen LogP contribution in [-0.2, 0) is 9.59 Å². The van der Waals surface area contributed by atoms with Gasteiger partial charge in [0.1, 0.15) is 0 Å². The van der Waals surface area contributed by atoms with Crippen molar-refractivity contribution in [1.82, 2.24) is 9.80 Å². The smallest absolute Gasteiger partial charge is 0.234 e. The monoisotopic (exact) mass is 281 g/mol. The number of nitrogens with zero attached hydrogens (tertiary/aromatic N) is 2. The maximum absolute atomic E-state index is 12.2. The zero-order valence-corrected chi connectivity index (χ0v) is 12.5. The summed E-state index contributed by atoms with van der Waals surface area (Å²) in [5.41, 5.74) is 5.32. The molecule has 1 unspecified atom stereocenters. The minimum Gasteiger partial charge on any atom is -0.368 e. The Labute approximate surface area is 121 Å². The van der Waals surface area contributed by atoms with Crippen LogP contribution in [0.2, 0.25) is 0 Å². The maximum Gasteiger partial charge on any atom is 0.234 e. The quantitative estimate of drug-likeness (QED) is 0.816. The van der Waals surface area contributed by atoms with Gasteiger partial charge < -0.3 is 10.6 Å². The molecule has 0 aromatic carbocycles. The number of carbonyl (C=O) groups is 2. The highest BCUT2D eigenvalue weighted by molar-refractivity contribution is 5.79. The minimum atomic E-state index is -0.286. The van der Waals surface area contributed by atoms with E-state index in [1.165, 1.54) is 25.7 Å². The minimum absolute atomic E-state index is 0.231. The van der Waals surface area contributed by atoms with E-state index in [0.717, 1.165) is 38.5 Å². The standard InChI is InChI=1S/C15H27N3O2/c1-12(15(16)20)17-8-10-18(11-9-17)14(19)7-6-13-4-2-3-5-13/h12-13H,2-11H2,1H3,(H2,16,20). The summed E-state index contributed by atoms with van der Waals surface area (Å²) in [5.74, 6) is 0.768. The molecule has 5 nitrogen and oxygen atoms in total. The molecule has 1 saturated carbocycles. The highest BCUT2D eigenvalue weighted by Gasteiger charge is 2.26. The number of nitrogens with two attached hydrogens (primary N) is 1. The highest BCUT2D eigenvalue weighted by Crippen LogP contribution is 2.28. The number of rotatable bonds is 5. The van der Waals surface area contributed by atoms with Crippen molar-refractivity contribution in [2.45, 2.75) is 51.5 Å². The fraction of sp³-hybridized carbons (Fsp3) is 0.867. The zero-order chi connectivity index (χ0) is 14.5. The Balaban J connectivity index is 1.69. The number of primary amides is 1. The lowest BCUT2D eigenvalue weighted by atomic mass is 10.0. The van der Waals surface area contributed by atoms with Crippen molar-refractivity contribution in [2.24, 2.45) is 11.7 Å². The summed E-state index contributed by atoms with van der Waals surface area (Å²) in [6.45, 7) is 4.78. The zero-order valence-electron chi connectivity index (χ0n) is 12.5. The Morgan fingerprint density at radius 2 is 1.75 bits per heavy atom. The van der Waals surface area contributed by atoms with Crippen molar-refractivity contribution in [3.8, 4) is 0 Å². The summed E-state index contributed by atoms with van der Waals surface area (Å²) in [5, 5.41) is 0. The molecule has 1 saturated heterocycles. The molecule has 2 amide bonds. The number of carbonyl (C=O) groups excluding carboxylic acids is 2. The van der Waals surface area contributed by atoms with Gasteiger partial charge in [0.2, 0.25) is 11.8 Å². The molecule has 0 radical (unpaired) electrons. The average molecular weight is 281 g/mol. The Bertz CT molecular complexity index is 345. The molecule has 2 fully saturated rings. The Morgan fingerprint density at radius 3 is 2.30 bits per heavy atom. The van der Waals surface area contributed by atoms with E-state index in [0.29, 0.717) is 6.42 Å². The normalized spacial score (nSPS) is 22.9. The summed E-state index contributed by atoms with van der Waals surface area (Å²) in [6, 6.07) is -0.231. The summed E-state index contributed by atoms with van der Waals surface area (Å²) in [7, 11) is 0. The van der Waals surface area contributed by atoms with E-state index in [9.17, 15) is 9.59 Å². The van der Waals surface area contributed by atoms with Crippen molar-refractivity contribution < 1.29 is 9.59 Å². The van der Waals surface area contributed by atoms with E-state index in [2.05, 4.69) is 4.90 Å². The number of hydrogen-bond donors (Lipinski definition) is 1. The lowest BCUT2D eigenvalue weighted by Crippen LogP contribution is -2.54. The van der Waals surface area contributed by atoms with Crippen LogP contribution in [-0.4, -0.2) is 53.8 Å². The van der Waals surface area contributed by atoms with Crippen molar-refractivity contribution in [1.29, 1.82) is 0 Å². The fourth-order valence-electron chi connectivity index (χ4n) is 3.32. The Hall–Kier alpha value is -1.10. The van der Waals surface area contributed by atoms with Crippen LogP contribution in [0.25, 0.3) is 0 Å². The van der Waals surface area contributed by atoms with Crippen LogP contribution in [0.1, 0.15) is 45.4 Å². The van der Waals surface area contributed by atoms with Gasteiger partial charge in [0.15, 0.2) is 0 Å². The van der Waals surface area contributed by atoms with Gasteiger partial charge in [0, 0.05) is 32.6 Å². The van der Waals surface area contributed by atoms with Gasteiger partial charge in [-0.25, -0.2) is 0 Å². The largest absolute Gasteiger partial charge is 0.368 e. The van der Waals surface area contributed by atoms with Gasteiger partial charge in [-0.1, -0.05) is 25.7 Å². The van der Waals surface area contributed by atoms with Gasteiger partial charge in [-0.3, -0.25) is 14.5 Å². The van der Waals surface area contributed by atoms with Crippen LogP contribution in [0.3, 0.4) is 0 Å². The molecule has 114 valence electrons. The first-order valence-corrected chi connectivity index (χ1v) is 7.89. The predicted octanol–water partition coefficient (Wildman–Crippen LogP) is 0.975. The first-order chi connectivity index (χ1) is 9.58. The van der Waals surface area contributed by atoms with Crippen LogP contribution in [0, 0.1) is 5.92 Å². The SMILES string of the molecule is CC(C(N)=O)N1CCN(C(=O)CCC2CCCC2)CC1. The first-order valence-electron chi connectivity index (χ1n) is 7.89. The molecule has 1 aliphatic heterocycles. The van der Waals surface area contributed by atoms with Crippen molar-refractivity contribution in [2.75, 3.05) is 26.2 Å². The van der Waals surface area contributed by atoms with Crippen LogP contribution in [0.5, 0.6) is 0 Å². The average Bonchev–Trinajstić information content (AvgIpc) is 2.97. The second-order valence-corrected chi connectivity index (χ2v) is 6.18. The third-order valence-corrected chi connectivity index (χ3v) is 4.87. The fourth-order valence-corrected chi connectivity index (χ4v) is 3.32. The van der Waals surface area contributed by atoms with E-state index >= 15 is 0 Å². The van der Waals surface area contributed by atoms with Gasteiger partial charge in [-0.15, -0.1) is 0 Å². The van der Waals surface area contributed by atoms with E-state index in [-0.39, 0.29) is 17.9 Å². The van der Waals surface area contributed by atoms with Gasteiger partial charge >= 0.3 is 0 Å². The second-order valence-electron chi connectivity index (χ2n) is 6.18. The molecule has 0 aromatic heterocycles. The summed E-state index contributed by atoms with van der Waals surface area (Å²) in [6.07, 6.45) is 7.02. The molecular weight excluding hydrogens is 254 g/mol. The van der Waals surface area contributed by atoms with E-state index in [1.54, 1.807) is 0 Å². The highest BCUT2D eigenvalue weighted by atomic mass is 16.2. The Kier molecular flexibility index (Phi) is 5.40. The Morgan fingerprint density at radius 1 is 1.15 bits per heavy atom. The van der Waals surface area contributed by atoms with Crippen molar-refractivity contribution in [3.63, 3.8) is 0 Å². The number of piperazine rings is 1. The molecule has 0 spiro atoms. The maximum atomic E-state index is 12.2. The molecule has 1 atom stereocenters. The third-order valence-electron chi connectivity index (χ3n) is 4.87. The van der Waals surface area contributed by atoms with Gasteiger partial charge in [0.05, 0.1) is 6.04 Å². The van der Waals surface area contributed by atoms with Crippen molar-refractivity contribution in [3.05, 3.63) is 0 Å². The number of amides is 2. The lowest BCUT2D eigenvalue weighted by Gasteiger charge is -2.37. The van der Waals surface area contributed by atoms with Crippen molar-refractivity contribution >= 4 is 11.8 Å². The van der Waals surface area contributed by atoms with E-state index < -0.39 is 0 Å². The molecule has 2 N–H and O–H groups in total. The van der Waals surface area contributed by atoms with E-state index in [4.69, 9.17) is 5.73 Å². The molecule has 1 aliphatic carbocycles. The lowest BCUT2D eigenvalue weighted by molar-refractivity contribution is -0.134. The third kappa shape index (κ3) is 3.95. The van der Waals surface area contributed by atoms with E-state index in [1.807, 2.05) is 11.8 Å². The summed E-state index contributed by atoms with van der Waals surface area (Å²) in [4.78, 5) is 27.3. The molecule has 0 bridgehead atoms. The van der Waals surface area contributed by atoms with Crippen LogP contribution in [0.4, 0.5) is 0 Å². The molecule has 2 rings (SSSR count). The van der Waals surface area contributed by atoms with Crippen LogP contribution >= 0.6 is 0 Å². The molecule has 2 aliphatic rings. The molecule has 1 heterocycles. The van der Waals surface area contributed by atoms with Gasteiger partial charge in [-0.05, 0) is 19.3 Å². The molecule has 5 heteroatoms. The first kappa shape index (κ1) is 15.3. The predicted molar refractivity (Wildman–Crippen MR) is 78.0 cm³/mol. The molecule has 20 heavy (non-hydrogen) atoms. The van der Waals surface area contributed by atoms with Crippen LogP contribution < -0.4 is 5.73 Å². The summed E-state index contributed by atoms with van der Waals surface area (Å²) >= 11 is 0. The molecule has 0 aromatic rings. The molecular formula is C15H27N3O2. The van der Waals surface area contributed by atoms with Gasteiger partial charge in [0.25, 0.3) is 0 Å². The second kappa shape index (κ2) is 7.07. The summed E-state index contributed by atoms with van der Waals surface area (Å²) < 4.78 is 0. The topological polar surface area (TPSA) is 66.6 Å². The van der Waals surface area contributed by atoms with Crippen LogP contribution in [0.15, 0.2) is 0 Å². The van der Waals surface area contributed by atoms with Gasteiger partial charge in [-0.2, -0.15) is 0 Å².